The SMILES string of the molecule is CC(C)COOP(O)(O)=S.CCCCCCCCCc1ccccc1OSOc1ccccc1CCCCCCCCC. The summed E-state index contributed by atoms with van der Waals surface area (Å²) in [7, 11) is 0. The second kappa shape index (κ2) is 26.1. The van der Waals surface area contributed by atoms with E-state index in [1.165, 1.54) is 101 Å². The van der Waals surface area contributed by atoms with Gasteiger partial charge in [-0.25, -0.2) is 4.89 Å². The summed E-state index contributed by atoms with van der Waals surface area (Å²) < 4.78 is 16.0. The maximum absolute atomic E-state index is 8.46. The van der Waals surface area contributed by atoms with Crippen molar-refractivity contribution in [2.45, 2.75) is 130 Å². The minimum absolute atomic E-state index is 0.279. The van der Waals surface area contributed by atoms with Crippen LogP contribution in [0.1, 0.15) is 129 Å². The van der Waals surface area contributed by atoms with Crippen molar-refractivity contribution in [3.05, 3.63) is 59.7 Å². The molecule has 0 unspecified atom stereocenters. The molecule has 0 radical (unpaired) electrons. The number of rotatable bonds is 24. The van der Waals surface area contributed by atoms with Crippen LogP contribution in [-0.4, -0.2) is 16.4 Å². The third-order valence-corrected chi connectivity index (χ3v) is 7.82. The van der Waals surface area contributed by atoms with Crippen LogP contribution in [0, 0.1) is 5.92 Å². The second-order valence-corrected chi connectivity index (χ2v) is 14.5. The maximum atomic E-state index is 8.46. The first-order chi connectivity index (χ1) is 20.8. The molecule has 0 amide bonds. The molecule has 0 aliphatic heterocycles. The van der Waals surface area contributed by atoms with Crippen molar-refractivity contribution < 1.29 is 27.7 Å². The van der Waals surface area contributed by atoms with Gasteiger partial charge in [0.05, 0.1) is 6.61 Å². The molecule has 0 spiro atoms. The summed E-state index contributed by atoms with van der Waals surface area (Å²) >= 11 is 5.21. The highest BCUT2D eigenvalue weighted by atomic mass is 32.5. The van der Waals surface area contributed by atoms with Gasteiger partial charge in [-0.3, -0.25) is 0 Å². The van der Waals surface area contributed by atoms with Gasteiger partial charge < -0.3 is 18.2 Å². The smallest absolute Gasteiger partial charge is 0.350 e. The largest absolute Gasteiger partial charge is 0.391 e. The van der Waals surface area contributed by atoms with Gasteiger partial charge in [0.1, 0.15) is 11.5 Å². The Morgan fingerprint density at radius 1 is 0.651 bits per heavy atom. The molecule has 6 nitrogen and oxygen atoms in total. The summed E-state index contributed by atoms with van der Waals surface area (Å²) in [5, 5.41) is 0. The predicted octanol–water partition coefficient (Wildman–Crippen LogP) is 11.1. The van der Waals surface area contributed by atoms with Gasteiger partial charge in [0.25, 0.3) is 12.3 Å². The van der Waals surface area contributed by atoms with E-state index in [0.29, 0.717) is 6.61 Å². The van der Waals surface area contributed by atoms with Crippen LogP contribution in [-0.2, 0) is 34.2 Å². The highest BCUT2D eigenvalue weighted by molar-refractivity contribution is 8.06. The molecule has 0 saturated heterocycles. The van der Waals surface area contributed by atoms with Crippen molar-refractivity contribution in [2.24, 2.45) is 5.92 Å². The molecule has 2 aromatic rings. The summed E-state index contributed by atoms with van der Waals surface area (Å²) in [6.07, 6.45) is 20.7. The molecule has 0 aromatic heterocycles. The van der Waals surface area contributed by atoms with Gasteiger partial charge in [0, 0.05) is 0 Å². The predicted molar refractivity (Wildman–Crippen MR) is 186 cm³/mol. The molecule has 2 aromatic carbocycles. The Hall–Kier alpha value is -1.12. The molecule has 0 atom stereocenters. The Morgan fingerprint density at radius 3 is 1.44 bits per heavy atom. The first-order valence-electron chi connectivity index (χ1n) is 16.3. The van der Waals surface area contributed by atoms with Gasteiger partial charge in [-0.15, -0.1) is 4.67 Å². The molecule has 9 heteroatoms. The summed E-state index contributed by atoms with van der Waals surface area (Å²) in [6, 6.07) is 16.8. The van der Waals surface area contributed by atoms with E-state index < -0.39 is 6.72 Å². The van der Waals surface area contributed by atoms with E-state index in [2.05, 4.69) is 71.6 Å². The van der Waals surface area contributed by atoms with Crippen LogP contribution in [0.25, 0.3) is 0 Å². The topological polar surface area (TPSA) is 77.4 Å². The van der Waals surface area contributed by atoms with Crippen molar-refractivity contribution in [1.82, 2.24) is 0 Å². The molecule has 0 heterocycles. The van der Waals surface area contributed by atoms with Gasteiger partial charge in [0.2, 0.25) is 0 Å². The third kappa shape index (κ3) is 23.0. The van der Waals surface area contributed by atoms with E-state index in [1.54, 1.807) is 0 Å². The molecule has 0 saturated carbocycles. The number of benzene rings is 2. The monoisotopic (exact) mass is 656 g/mol. The number of unbranched alkanes of at least 4 members (excludes halogenated alkanes) is 12. The molecule has 0 fully saturated rings. The molecule has 0 aliphatic carbocycles. The molecular weight excluding hydrogens is 599 g/mol. The van der Waals surface area contributed by atoms with E-state index in [4.69, 9.17) is 18.2 Å². The molecule has 246 valence electrons. The zero-order chi connectivity index (χ0) is 31.6. The zero-order valence-corrected chi connectivity index (χ0v) is 29.5. The highest BCUT2D eigenvalue weighted by Crippen LogP contribution is 2.36. The Balaban J connectivity index is 0.000000790. The average Bonchev–Trinajstić information content (AvgIpc) is 2.97. The Morgan fingerprint density at radius 2 is 1.05 bits per heavy atom. The average molecular weight is 657 g/mol. The molecule has 0 aliphatic rings. The number of para-hydroxylation sites is 2. The highest BCUT2D eigenvalue weighted by Gasteiger charge is 2.09. The van der Waals surface area contributed by atoms with Crippen molar-refractivity contribution in [3.8, 4) is 11.5 Å². The first kappa shape index (κ1) is 39.9. The lowest BCUT2D eigenvalue weighted by molar-refractivity contribution is -0.221. The Bertz CT molecular complexity index is 923. The fourth-order valence-electron chi connectivity index (χ4n) is 4.45. The van der Waals surface area contributed by atoms with Crippen molar-refractivity contribution in [1.29, 1.82) is 0 Å². The van der Waals surface area contributed by atoms with Gasteiger partial charge in [0.15, 0.2) is 0 Å². The van der Waals surface area contributed by atoms with Crippen LogP contribution in [0.2, 0.25) is 0 Å². The number of aryl methyl sites for hydroxylation is 2. The quantitative estimate of drug-likeness (QED) is 0.0380. The van der Waals surface area contributed by atoms with Gasteiger partial charge in [-0.05, 0) is 66.7 Å². The molecule has 2 N–H and O–H groups in total. The summed E-state index contributed by atoms with van der Waals surface area (Å²) in [5.74, 6) is 2.14. The second-order valence-electron chi connectivity index (χ2n) is 11.4. The normalized spacial score (nSPS) is 11.3. The standard InChI is InChI=1S/C30H46O2S.C4H11O4PS/c1-3-5-7-9-11-13-15-21-27-23-17-19-25-29(27)31-33-32-30-26-20-18-24-28(30)22-16-14-12-10-8-6-4-2;1-4(2)3-7-8-9(5,6)10/h17-20,23-26H,3-16,21-22H2,1-2H3;4H,3H2,1-2H3,(H2,5,6,10). The van der Waals surface area contributed by atoms with Crippen LogP contribution >= 0.6 is 19.0 Å². The summed E-state index contributed by atoms with van der Waals surface area (Å²) in [6.45, 7) is 5.05. The van der Waals surface area contributed by atoms with E-state index >= 15 is 0 Å². The summed E-state index contributed by atoms with van der Waals surface area (Å²) in [5.41, 5.74) is 2.55. The number of hydrogen-bond acceptors (Lipinski definition) is 6. The van der Waals surface area contributed by atoms with Crippen molar-refractivity contribution in [2.75, 3.05) is 6.61 Å². The summed E-state index contributed by atoms with van der Waals surface area (Å²) in [4.78, 5) is 21.3. The molecule has 2 rings (SSSR count). The Kier molecular flexibility index (Phi) is 24.3. The lowest BCUT2D eigenvalue weighted by Gasteiger charge is -2.12. The minimum Gasteiger partial charge on any atom is -0.391 e. The molecular formula is C34H57O6PS2. The van der Waals surface area contributed by atoms with E-state index in [1.807, 2.05) is 26.0 Å². The van der Waals surface area contributed by atoms with Crippen molar-refractivity contribution >= 4 is 30.8 Å². The molecule has 43 heavy (non-hydrogen) atoms. The van der Waals surface area contributed by atoms with Crippen LogP contribution in [0.3, 0.4) is 0 Å². The van der Waals surface area contributed by atoms with Crippen LogP contribution in [0.4, 0.5) is 0 Å². The third-order valence-electron chi connectivity index (χ3n) is 6.84. The fraction of sp³-hybridized carbons (Fsp3) is 0.647. The van der Waals surface area contributed by atoms with Gasteiger partial charge >= 0.3 is 6.72 Å². The van der Waals surface area contributed by atoms with Crippen LogP contribution < -0.4 is 8.37 Å². The van der Waals surface area contributed by atoms with E-state index in [9.17, 15) is 0 Å². The van der Waals surface area contributed by atoms with Gasteiger partial charge in [-0.2, -0.15) is 0 Å². The Labute approximate surface area is 271 Å². The van der Waals surface area contributed by atoms with E-state index in [0.717, 1.165) is 36.7 Å². The lowest BCUT2D eigenvalue weighted by Crippen LogP contribution is -2.01. The van der Waals surface area contributed by atoms with Crippen LogP contribution in [0.5, 0.6) is 11.5 Å². The van der Waals surface area contributed by atoms with Gasteiger partial charge in [-0.1, -0.05) is 141 Å². The first-order valence-corrected chi connectivity index (χ1v) is 19.6. The van der Waals surface area contributed by atoms with Crippen LogP contribution in [0.15, 0.2) is 48.5 Å². The minimum atomic E-state index is -3.61. The number of hydrogen-bond donors (Lipinski definition) is 2. The lowest BCUT2D eigenvalue weighted by atomic mass is 10.0. The molecule has 0 bridgehead atoms. The zero-order valence-electron chi connectivity index (χ0n) is 27.0. The van der Waals surface area contributed by atoms with Crippen molar-refractivity contribution in [3.63, 3.8) is 0 Å². The maximum Gasteiger partial charge on any atom is 0.350 e. The van der Waals surface area contributed by atoms with E-state index in [-0.39, 0.29) is 5.92 Å². The fourth-order valence-corrected chi connectivity index (χ4v) is 5.29.